The Bertz CT molecular complexity index is 1100. The quantitative estimate of drug-likeness (QED) is 0.675. The van der Waals surface area contributed by atoms with Crippen LogP contribution >= 0.6 is 11.7 Å². The highest BCUT2D eigenvalue weighted by atomic mass is 32.1. The first-order valence-corrected chi connectivity index (χ1v) is 10.3. The minimum absolute atomic E-state index is 0.0593. The van der Waals surface area contributed by atoms with Gasteiger partial charge in [-0.2, -0.15) is 8.75 Å². The second-order valence-corrected chi connectivity index (χ2v) is 8.05. The van der Waals surface area contributed by atoms with Crippen molar-refractivity contribution in [2.75, 3.05) is 32.6 Å². The van der Waals surface area contributed by atoms with Crippen LogP contribution in [-0.4, -0.2) is 59.3 Å². The van der Waals surface area contributed by atoms with E-state index in [0.717, 1.165) is 28.0 Å². The first kappa shape index (κ1) is 20.1. The van der Waals surface area contributed by atoms with Crippen molar-refractivity contribution in [2.24, 2.45) is 0 Å². The van der Waals surface area contributed by atoms with Gasteiger partial charge in [0, 0.05) is 33.3 Å². The molecule has 1 aromatic heterocycles. The van der Waals surface area contributed by atoms with E-state index in [1.165, 1.54) is 16.6 Å². The Morgan fingerprint density at radius 3 is 2.80 bits per heavy atom. The van der Waals surface area contributed by atoms with Crippen LogP contribution < -0.4 is 15.0 Å². The molecule has 1 aliphatic rings. The lowest BCUT2D eigenvalue weighted by atomic mass is 10.1. The van der Waals surface area contributed by atoms with Crippen LogP contribution in [0.2, 0.25) is 0 Å². The Morgan fingerprint density at radius 1 is 1.20 bits per heavy atom. The predicted molar refractivity (Wildman–Crippen MR) is 116 cm³/mol. The molecular weight excluding hydrogens is 402 g/mol. The highest BCUT2D eigenvalue weighted by Gasteiger charge is 2.27. The van der Waals surface area contributed by atoms with Gasteiger partial charge in [0.25, 0.3) is 5.91 Å². The van der Waals surface area contributed by atoms with Gasteiger partial charge in [0.1, 0.15) is 23.4 Å². The van der Waals surface area contributed by atoms with Crippen LogP contribution in [0.3, 0.4) is 0 Å². The second kappa shape index (κ2) is 8.27. The van der Waals surface area contributed by atoms with E-state index in [0.29, 0.717) is 25.1 Å². The Hall–Kier alpha value is -3.20. The second-order valence-electron chi connectivity index (χ2n) is 7.53. The van der Waals surface area contributed by atoms with Gasteiger partial charge in [-0.1, -0.05) is 6.07 Å². The topological polar surface area (TPSA) is 87.7 Å². The van der Waals surface area contributed by atoms with Crippen molar-refractivity contribution >= 4 is 40.3 Å². The zero-order valence-electron chi connectivity index (χ0n) is 17.1. The van der Waals surface area contributed by atoms with Crippen LogP contribution in [0.4, 0.5) is 5.69 Å². The summed E-state index contributed by atoms with van der Waals surface area (Å²) in [5.41, 5.74) is 4.09. The molecule has 0 saturated heterocycles. The third-order valence-corrected chi connectivity index (χ3v) is 5.76. The largest absolute Gasteiger partial charge is 0.489 e. The minimum atomic E-state index is -0.118. The van der Waals surface area contributed by atoms with Crippen LogP contribution in [0.25, 0.3) is 11.0 Å². The summed E-state index contributed by atoms with van der Waals surface area (Å²) in [5.74, 6) is 0.587. The molecule has 2 heterocycles. The molecule has 30 heavy (non-hydrogen) atoms. The number of aromatic nitrogens is 2. The number of hydrogen-bond acceptors (Lipinski definition) is 7. The first-order chi connectivity index (χ1) is 14.4. The molecule has 156 valence electrons. The van der Waals surface area contributed by atoms with Gasteiger partial charge in [0.15, 0.2) is 0 Å². The highest BCUT2D eigenvalue weighted by Crippen LogP contribution is 2.34. The summed E-state index contributed by atoms with van der Waals surface area (Å²) in [7, 11) is 5.36. The number of anilines is 1. The number of rotatable bonds is 5. The summed E-state index contributed by atoms with van der Waals surface area (Å²) in [6.07, 6.45) is 0.294. The van der Waals surface area contributed by atoms with Crippen molar-refractivity contribution in [1.82, 2.24) is 19.0 Å². The number of carbonyl (C=O) groups excluding carboxylic acids is 2. The molecule has 2 aromatic carbocycles. The zero-order chi connectivity index (χ0) is 21.3. The number of ether oxygens (including phenoxy) is 1. The molecule has 3 aromatic rings. The summed E-state index contributed by atoms with van der Waals surface area (Å²) in [6.45, 7) is 0.843. The van der Waals surface area contributed by atoms with E-state index in [1.54, 1.807) is 20.2 Å². The van der Waals surface area contributed by atoms with Gasteiger partial charge in [-0.15, -0.1) is 0 Å². The number of nitrogens with one attached hydrogen (secondary N) is 1. The number of carbonyl (C=O) groups is 2. The van der Waals surface area contributed by atoms with E-state index < -0.39 is 0 Å². The zero-order valence-corrected chi connectivity index (χ0v) is 17.9. The standard InChI is InChI=1S/C21H23N5O3S/c1-25(2)21(28)14-5-7-19-18(9-14)26(3)15(12-29-19)10-20(27)22-11-13-4-6-16-17(8-13)24-30-23-16/h4-9,15H,10-12H2,1-3H3,(H,22,27)/t15-/m1/s1. The number of likely N-dealkylation sites (N-methyl/N-ethyl adjacent to an activating group) is 1. The molecule has 1 atom stereocenters. The molecule has 0 bridgehead atoms. The van der Waals surface area contributed by atoms with Crippen molar-refractivity contribution < 1.29 is 14.3 Å². The van der Waals surface area contributed by atoms with Gasteiger partial charge < -0.3 is 19.9 Å². The number of nitrogens with zero attached hydrogens (tertiary/aromatic N) is 4. The van der Waals surface area contributed by atoms with Crippen LogP contribution in [-0.2, 0) is 11.3 Å². The summed E-state index contributed by atoms with van der Waals surface area (Å²) in [5, 5.41) is 2.97. The van der Waals surface area contributed by atoms with E-state index in [-0.39, 0.29) is 17.9 Å². The maximum atomic E-state index is 12.5. The molecule has 0 spiro atoms. The maximum absolute atomic E-state index is 12.5. The lowest BCUT2D eigenvalue weighted by molar-refractivity contribution is -0.121. The van der Waals surface area contributed by atoms with E-state index >= 15 is 0 Å². The minimum Gasteiger partial charge on any atom is -0.489 e. The molecule has 0 saturated carbocycles. The van der Waals surface area contributed by atoms with Gasteiger partial charge in [0.05, 0.1) is 29.9 Å². The lowest BCUT2D eigenvalue weighted by Crippen LogP contribution is -2.43. The van der Waals surface area contributed by atoms with Crippen LogP contribution in [0.15, 0.2) is 36.4 Å². The number of benzene rings is 2. The molecule has 2 amide bonds. The Labute approximate surface area is 178 Å². The summed E-state index contributed by atoms with van der Waals surface area (Å²) in [6, 6.07) is 11.1. The summed E-state index contributed by atoms with van der Waals surface area (Å²) in [4.78, 5) is 28.4. The Balaban J connectivity index is 1.39. The van der Waals surface area contributed by atoms with E-state index in [4.69, 9.17) is 4.74 Å². The molecule has 9 heteroatoms. The van der Waals surface area contributed by atoms with Gasteiger partial charge in [-0.3, -0.25) is 9.59 Å². The molecule has 0 unspecified atom stereocenters. The average molecular weight is 426 g/mol. The Morgan fingerprint density at radius 2 is 2.00 bits per heavy atom. The number of fused-ring (bicyclic) bond motifs is 2. The molecule has 1 aliphatic heterocycles. The van der Waals surface area contributed by atoms with Gasteiger partial charge >= 0.3 is 0 Å². The van der Waals surface area contributed by atoms with E-state index in [9.17, 15) is 9.59 Å². The summed E-state index contributed by atoms with van der Waals surface area (Å²) < 4.78 is 14.3. The monoisotopic (exact) mass is 425 g/mol. The lowest BCUT2D eigenvalue weighted by Gasteiger charge is -2.35. The molecule has 0 radical (unpaired) electrons. The summed E-state index contributed by atoms with van der Waals surface area (Å²) >= 11 is 1.18. The predicted octanol–water partition coefficient (Wildman–Crippen LogP) is 2.30. The third kappa shape index (κ3) is 4.06. The highest BCUT2D eigenvalue weighted by molar-refractivity contribution is 7.00. The van der Waals surface area contributed by atoms with Crippen molar-refractivity contribution in [3.05, 3.63) is 47.5 Å². The fraction of sp³-hybridized carbons (Fsp3) is 0.333. The van der Waals surface area contributed by atoms with Crippen LogP contribution in [0, 0.1) is 0 Å². The molecule has 4 rings (SSSR count). The fourth-order valence-electron chi connectivity index (χ4n) is 3.42. The fourth-order valence-corrected chi connectivity index (χ4v) is 3.94. The molecule has 0 fully saturated rings. The normalized spacial score (nSPS) is 15.4. The number of hydrogen-bond donors (Lipinski definition) is 1. The van der Waals surface area contributed by atoms with Gasteiger partial charge in [-0.05, 0) is 35.9 Å². The van der Waals surface area contributed by atoms with E-state index in [1.807, 2.05) is 42.3 Å². The van der Waals surface area contributed by atoms with Crippen molar-refractivity contribution in [3.63, 3.8) is 0 Å². The molecule has 1 N–H and O–H groups in total. The average Bonchev–Trinajstić information content (AvgIpc) is 3.21. The van der Waals surface area contributed by atoms with Crippen LogP contribution in [0.5, 0.6) is 5.75 Å². The maximum Gasteiger partial charge on any atom is 0.253 e. The SMILES string of the molecule is CN(C)C(=O)c1ccc2c(c1)N(C)[C@H](CC(=O)NCc1ccc3nsnc3c1)CO2. The molecule has 8 nitrogen and oxygen atoms in total. The molecule has 0 aliphatic carbocycles. The smallest absolute Gasteiger partial charge is 0.253 e. The van der Waals surface area contributed by atoms with Crippen molar-refractivity contribution in [1.29, 1.82) is 0 Å². The Kier molecular flexibility index (Phi) is 5.54. The van der Waals surface area contributed by atoms with Crippen LogP contribution in [0.1, 0.15) is 22.3 Å². The first-order valence-electron chi connectivity index (χ1n) is 9.61. The third-order valence-electron chi connectivity index (χ3n) is 5.20. The van der Waals surface area contributed by atoms with Crippen molar-refractivity contribution in [2.45, 2.75) is 19.0 Å². The van der Waals surface area contributed by atoms with Gasteiger partial charge in [0.2, 0.25) is 5.91 Å². The number of amides is 2. The van der Waals surface area contributed by atoms with Crippen molar-refractivity contribution in [3.8, 4) is 5.75 Å². The molecular formula is C21H23N5O3S. The van der Waals surface area contributed by atoms with Gasteiger partial charge in [-0.25, -0.2) is 0 Å². The van der Waals surface area contributed by atoms with E-state index in [2.05, 4.69) is 14.1 Å².